The van der Waals surface area contributed by atoms with Crippen molar-refractivity contribution < 1.29 is 18.3 Å². The smallest absolute Gasteiger partial charge is 0.394 e. The van der Waals surface area contributed by atoms with Crippen LogP contribution in [0.2, 0.25) is 5.02 Å². The maximum Gasteiger partial charge on any atom is 0.416 e. The SMILES string of the molecule is C[C@](N)(CO)CCCc1ccc(Sc2cccc(C(F)(F)F)c2)c(Cl)c1. The van der Waals surface area contributed by atoms with E-state index in [1.807, 2.05) is 18.2 Å². The number of alkyl halides is 3. The van der Waals surface area contributed by atoms with Crippen molar-refractivity contribution in [1.82, 2.24) is 0 Å². The summed E-state index contributed by atoms with van der Waals surface area (Å²) in [5.74, 6) is 0. The van der Waals surface area contributed by atoms with Crippen LogP contribution >= 0.6 is 23.4 Å². The van der Waals surface area contributed by atoms with Crippen molar-refractivity contribution in [2.45, 2.75) is 47.7 Å². The van der Waals surface area contributed by atoms with Crippen LogP contribution in [0.5, 0.6) is 0 Å². The predicted molar refractivity (Wildman–Crippen MR) is 99.6 cm³/mol. The lowest BCUT2D eigenvalue weighted by molar-refractivity contribution is -0.137. The van der Waals surface area contributed by atoms with E-state index in [0.29, 0.717) is 21.2 Å². The molecule has 0 heterocycles. The third-order valence-electron chi connectivity index (χ3n) is 3.96. The third kappa shape index (κ3) is 6.20. The highest BCUT2D eigenvalue weighted by molar-refractivity contribution is 7.99. The van der Waals surface area contributed by atoms with Gasteiger partial charge in [0.2, 0.25) is 0 Å². The van der Waals surface area contributed by atoms with Crippen LogP contribution in [0, 0.1) is 0 Å². The van der Waals surface area contributed by atoms with Crippen LogP contribution in [0.3, 0.4) is 0 Å². The standard InChI is InChI=1S/C19H21ClF3NOS/c1-18(24,12-25)9-3-4-13-7-8-17(16(20)10-13)26-15-6-2-5-14(11-15)19(21,22)23/h2,5-8,10-11,25H,3-4,9,12,24H2,1H3/t18-/m1/s1. The lowest BCUT2D eigenvalue weighted by atomic mass is 9.95. The van der Waals surface area contributed by atoms with Gasteiger partial charge in [-0.05, 0) is 62.1 Å². The topological polar surface area (TPSA) is 46.2 Å². The van der Waals surface area contributed by atoms with Crippen molar-refractivity contribution in [1.29, 1.82) is 0 Å². The molecule has 0 fully saturated rings. The number of benzene rings is 2. The number of nitrogens with two attached hydrogens (primary N) is 1. The molecule has 0 saturated heterocycles. The van der Waals surface area contributed by atoms with Crippen LogP contribution in [0.4, 0.5) is 13.2 Å². The number of aliphatic hydroxyl groups excluding tert-OH is 1. The van der Waals surface area contributed by atoms with E-state index in [2.05, 4.69) is 0 Å². The van der Waals surface area contributed by atoms with Crippen molar-refractivity contribution in [2.24, 2.45) is 5.73 Å². The second-order valence-corrected chi connectivity index (χ2v) is 8.08. The highest BCUT2D eigenvalue weighted by Crippen LogP contribution is 2.37. The molecule has 2 aromatic carbocycles. The normalized spacial score (nSPS) is 14.3. The van der Waals surface area contributed by atoms with Gasteiger partial charge in [0.05, 0.1) is 17.2 Å². The van der Waals surface area contributed by atoms with Gasteiger partial charge in [-0.15, -0.1) is 0 Å². The monoisotopic (exact) mass is 403 g/mol. The molecular formula is C19H21ClF3NOS. The van der Waals surface area contributed by atoms with Gasteiger partial charge in [-0.1, -0.05) is 35.5 Å². The molecule has 26 heavy (non-hydrogen) atoms. The summed E-state index contributed by atoms with van der Waals surface area (Å²) < 4.78 is 38.4. The van der Waals surface area contributed by atoms with E-state index in [1.165, 1.54) is 17.8 Å². The molecule has 1 atom stereocenters. The Kier molecular flexibility index (Phi) is 7.02. The minimum atomic E-state index is -4.36. The molecule has 2 rings (SSSR count). The minimum Gasteiger partial charge on any atom is -0.394 e. The third-order valence-corrected chi connectivity index (χ3v) is 5.45. The first kappa shape index (κ1) is 21.1. The molecule has 0 bridgehead atoms. The van der Waals surface area contributed by atoms with Crippen LogP contribution in [-0.2, 0) is 12.6 Å². The molecule has 142 valence electrons. The van der Waals surface area contributed by atoms with Crippen LogP contribution in [0.15, 0.2) is 52.3 Å². The van der Waals surface area contributed by atoms with Crippen LogP contribution < -0.4 is 5.73 Å². The molecule has 0 unspecified atom stereocenters. The van der Waals surface area contributed by atoms with Gasteiger partial charge in [0.25, 0.3) is 0 Å². The molecule has 0 spiro atoms. The number of hydrogen-bond donors (Lipinski definition) is 2. The summed E-state index contributed by atoms with van der Waals surface area (Å²) >= 11 is 7.50. The van der Waals surface area contributed by atoms with Crippen LogP contribution in [0.25, 0.3) is 0 Å². The molecule has 0 aliphatic heterocycles. The number of rotatable bonds is 7. The minimum absolute atomic E-state index is 0.0691. The van der Waals surface area contributed by atoms with Crippen molar-refractivity contribution in [3.05, 3.63) is 58.6 Å². The summed E-state index contributed by atoms with van der Waals surface area (Å²) in [4.78, 5) is 1.19. The molecule has 2 nitrogen and oxygen atoms in total. The first-order valence-corrected chi connectivity index (χ1v) is 9.33. The Balaban J connectivity index is 2.04. The molecule has 0 amide bonds. The van der Waals surface area contributed by atoms with Gasteiger partial charge < -0.3 is 10.8 Å². The zero-order valence-corrected chi connectivity index (χ0v) is 15.9. The fraction of sp³-hybridized carbons (Fsp3) is 0.368. The fourth-order valence-electron chi connectivity index (χ4n) is 2.42. The first-order valence-electron chi connectivity index (χ1n) is 8.14. The van der Waals surface area contributed by atoms with Gasteiger partial charge in [0.15, 0.2) is 0 Å². The van der Waals surface area contributed by atoms with Gasteiger partial charge in [-0.2, -0.15) is 13.2 Å². The summed E-state index contributed by atoms with van der Waals surface area (Å²) in [7, 11) is 0. The molecule has 0 aliphatic rings. The summed E-state index contributed by atoms with van der Waals surface area (Å²) in [6.07, 6.45) is -2.11. The van der Waals surface area contributed by atoms with E-state index >= 15 is 0 Å². The summed E-state index contributed by atoms with van der Waals surface area (Å²) in [6, 6.07) is 10.7. The van der Waals surface area contributed by atoms with E-state index in [9.17, 15) is 13.2 Å². The molecule has 2 aromatic rings. The van der Waals surface area contributed by atoms with E-state index in [0.717, 1.165) is 30.5 Å². The maximum atomic E-state index is 12.8. The Morgan fingerprint density at radius 1 is 1.15 bits per heavy atom. The Bertz CT molecular complexity index is 750. The van der Waals surface area contributed by atoms with E-state index in [-0.39, 0.29) is 6.61 Å². The highest BCUT2D eigenvalue weighted by Gasteiger charge is 2.30. The van der Waals surface area contributed by atoms with Crippen molar-refractivity contribution in [3.8, 4) is 0 Å². The van der Waals surface area contributed by atoms with E-state index in [4.69, 9.17) is 22.4 Å². The molecule has 0 radical (unpaired) electrons. The van der Waals surface area contributed by atoms with Gasteiger partial charge in [0.1, 0.15) is 0 Å². The quantitative estimate of drug-likeness (QED) is 0.637. The second kappa shape index (κ2) is 8.65. The second-order valence-electron chi connectivity index (χ2n) is 6.56. The fourth-order valence-corrected chi connectivity index (χ4v) is 3.62. The van der Waals surface area contributed by atoms with Gasteiger partial charge >= 0.3 is 6.18 Å². The Labute approximate surface area is 160 Å². The summed E-state index contributed by atoms with van der Waals surface area (Å²) in [5.41, 5.74) is 5.66. The molecule has 7 heteroatoms. The van der Waals surface area contributed by atoms with Crippen LogP contribution in [-0.4, -0.2) is 17.3 Å². The van der Waals surface area contributed by atoms with Gasteiger partial charge in [-0.3, -0.25) is 0 Å². The van der Waals surface area contributed by atoms with Crippen molar-refractivity contribution in [3.63, 3.8) is 0 Å². The Hall–Kier alpha value is -1.21. The number of hydrogen-bond acceptors (Lipinski definition) is 3. The number of aryl methyl sites for hydroxylation is 1. The average Bonchev–Trinajstić information content (AvgIpc) is 2.57. The summed E-state index contributed by atoms with van der Waals surface area (Å²) in [6.45, 7) is 1.73. The first-order chi connectivity index (χ1) is 12.1. The lowest BCUT2D eigenvalue weighted by Crippen LogP contribution is -2.40. The van der Waals surface area contributed by atoms with E-state index in [1.54, 1.807) is 13.0 Å². The molecule has 0 aromatic heterocycles. The molecular weight excluding hydrogens is 383 g/mol. The molecule has 3 N–H and O–H groups in total. The van der Waals surface area contributed by atoms with E-state index < -0.39 is 17.3 Å². The van der Waals surface area contributed by atoms with Gasteiger partial charge in [-0.25, -0.2) is 0 Å². The average molecular weight is 404 g/mol. The predicted octanol–water partition coefficient (Wildman–Crippen LogP) is 5.54. The Morgan fingerprint density at radius 3 is 2.50 bits per heavy atom. The van der Waals surface area contributed by atoms with Crippen LogP contribution in [0.1, 0.15) is 30.9 Å². The molecule has 0 aliphatic carbocycles. The summed E-state index contributed by atoms with van der Waals surface area (Å²) in [5, 5.41) is 9.66. The Morgan fingerprint density at radius 2 is 1.88 bits per heavy atom. The highest BCUT2D eigenvalue weighted by atomic mass is 35.5. The van der Waals surface area contributed by atoms with Crippen molar-refractivity contribution in [2.75, 3.05) is 6.61 Å². The lowest BCUT2D eigenvalue weighted by Gasteiger charge is -2.21. The maximum absolute atomic E-state index is 12.8. The van der Waals surface area contributed by atoms with Crippen molar-refractivity contribution >= 4 is 23.4 Å². The number of aliphatic hydroxyl groups is 1. The zero-order chi connectivity index (χ0) is 19.4. The largest absolute Gasteiger partial charge is 0.416 e. The number of halogens is 4. The zero-order valence-electron chi connectivity index (χ0n) is 14.3. The molecule has 0 saturated carbocycles. The van der Waals surface area contributed by atoms with Gasteiger partial charge in [0, 0.05) is 15.3 Å².